The molecule has 1 N–H and O–H groups in total. The number of hydrogen-bond donors (Lipinski definition) is 1. The summed E-state index contributed by atoms with van der Waals surface area (Å²) < 4.78 is 0. The molecule has 3 aromatic carbocycles. The highest BCUT2D eigenvalue weighted by Crippen LogP contribution is 2.23. The molecule has 3 aromatic rings. The molecular weight excluding hydrogens is 500 g/mol. The highest BCUT2D eigenvalue weighted by molar-refractivity contribution is 7.99. The van der Waals surface area contributed by atoms with Gasteiger partial charge in [-0.3, -0.25) is 9.59 Å². The predicted octanol–water partition coefficient (Wildman–Crippen LogP) is 6.58. The first-order valence-electron chi connectivity index (χ1n) is 13.0. The van der Waals surface area contributed by atoms with Crippen LogP contribution in [0.5, 0.6) is 0 Å². The molecule has 4 rings (SSSR count). The SMILES string of the molecule is Cc1ccc(CSCC(=O)N(Cc2ccccc2Cl)[C@@H](Cc2ccccc2)C(=O)NC2CCCC2)cc1. The summed E-state index contributed by atoms with van der Waals surface area (Å²) in [5, 5.41) is 3.85. The number of thioether (sulfide) groups is 1. The number of carbonyl (C=O) groups is 2. The molecule has 1 aliphatic carbocycles. The summed E-state index contributed by atoms with van der Waals surface area (Å²) in [6.45, 7) is 2.36. The summed E-state index contributed by atoms with van der Waals surface area (Å²) in [7, 11) is 0. The molecule has 0 unspecified atom stereocenters. The fourth-order valence-corrected chi connectivity index (χ4v) is 5.82. The molecule has 0 heterocycles. The Labute approximate surface area is 229 Å². The first-order valence-corrected chi connectivity index (χ1v) is 14.5. The average Bonchev–Trinajstić information content (AvgIpc) is 3.42. The van der Waals surface area contributed by atoms with Crippen LogP contribution < -0.4 is 5.32 Å². The van der Waals surface area contributed by atoms with Gasteiger partial charge >= 0.3 is 0 Å². The van der Waals surface area contributed by atoms with Crippen molar-refractivity contribution in [3.8, 4) is 0 Å². The van der Waals surface area contributed by atoms with Crippen LogP contribution in [-0.4, -0.2) is 34.6 Å². The van der Waals surface area contributed by atoms with Crippen LogP contribution >= 0.6 is 23.4 Å². The van der Waals surface area contributed by atoms with Gasteiger partial charge in [-0.05, 0) is 42.5 Å². The van der Waals surface area contributed by atoms with Crippen LogP contribution in [0, 0.1) is 6.92 Å². The Hall–Kier alpha value is -2.76. The summed E-state index contributed by atoms with van der Waals surface area (Å²) in [5.41, 5.74) is 4.26. The molecule has 0 radical (unpaired) electrons. The number of halogens is 1. The molecular formula is C31H35ClN2O2S. The second kappa shape index (κ2) is 13.7. The molecule has 0 spiro atoms. The first-order chi connectivity index (χ1) is 18.0. The molecule has 0 bridgehead atoms. The van der Waals surface area contributed by atoms with E-state index in [1.807, 2.05) is 54.6 Å². The summed E-state index contributed by atoms with van der Waals surface area (Å²) in [6, 6.07) is 25.4. The van der Waals surface area contributed by atoms with Crippen molar-refractivity contribution in [3.05, 3.63) is 106 Å². The van der Waals surface area contributed by atoms with Crippen LogP contribution in [0.3, 0.4) is 0 Å². The minimum atomic E-state index is -0.619. The number of benzene rings is 3. The fourth-order valence-electron chi connectivity index (χ4n) is 4.76. The van der Waals surface area contributed by atoms with Gasteiger partial charge in [0.25, 0.3) is 0 Å². The standard InChI is InChI=1S/C31H35ClN2O2S/c1-23-15-17-25(18-16-23)21-37-22-30(35)34(20-26-11-5-8-14-28(26)32)29(19-24-9-3-2-4-10-24)31(36)33-27-12-6-7-13-27/h2-5,8-11,14-18,27,29H,6-7,12-13,19-22H2,1H3,(H,33,36)/t29-/m0/s1. The van der Waals surface area contributed by atoms with Gasteiger partial charge in [0.2, 0.25) is 11.8 Å². The van der Waals surface area contributed by atoms with E-state index in [0.717, 1.165) is 42.6 Å². The van der Waals surface area contributed by atoms with E-state index >= 15 is 0 Å². The maximum atomic E-state index is 13.8. The van der Waals surface area contributed by atoms with Crippen molar-refractivity contribution < 1.29 is 9.59 Å². The van der Waals surface area contributed by atoms with E-state index in [2.05, 4.69) is 36.5 Å². The molecule has 1 aliphatic rings. The zero-order valence-electron chi connectivity index (χ0n) is 21.4. The minimum Gasteiger partial charge on any atom is -0.352 e. The Morgan fingerprint density at radius 2 is 1.62 bits per heavy atom. The van der Waals surface area contributed by atoms with Crippen molar-refractivity contribution in [2.45, 2.75) is 63.4 Å². The molecule has 0 saturated heterocycles. The van der Waals surface area contributed by atoms with Crippen LogP contribution in [0.1, 0.15) is 47.9 Å². The van der Waals surface area contributed by atoms with E-state index in [1.165, 1.54) is 11.1 Å². The monoisotopic (exact) mass is 534 g/mol. The number of hydrogen-bond acceptors (Lipinski definition) is 3. The van der Waals surface area contributed by atoms with Crippen molar-refractivity contribution in [2.24, 2.45) is 0 Å². The number of amides is 2. The van der Waals surface area contributed by atoms with Gasteiger partial charge in [-0.15, -0.1) is 11.8 Å². The molecule has 194 valence electrons. The largest absolute Gasteiger partial charge is 0.352 e. The van der Waals surface area contributed by atoms with Crippen molar-refractivity contribution >= 4 is 35.2 Å². The Morgan fingerprint density at radius 3 is 2.32 bits per heavy atom. The number of rotatable bonds is 11. The predicted molar refractivity (Wildman–Crippen MR) is 154 cm³/mol. The van der Waals surface area contributed by atoms with E-state index < -0.39 is 6.04 Å². The van der Waals surface area contributed by atoms with E-state index in [0.29, 0.717) is 23.7 Å². The van der Waals surface area contributed by atoms with Gasteiger partial charge in [0.1, 0.15) is 6.04 Å². The summed E-state index contributed by atoms with van der Waals surface area (Å²) in [5.74, 6) is 0.892. The third kappa shape index (κ3) is 8.11. The van der Waals surface area contributed by atoms with Crippen molar-refractivity contribution in [1.82, 2.24) is 10.2 Å². The Bertz CT molecular complexity index is 1160. The zero-order chi connectivity index (χ0) is 26.0. The number of nitrogens with zero attached hydrogens (tertiary/aromatic N) is 1. The quantitative estimate of drug-likeness (QED) is 0.302. The molecule has 2 amide bonds. The van der Waals surface area contributed by atoms with Crippen LogP contribution in [0.25, 0.3) is 0 Å². The lowest BCUT2D eigenvalue weighted by Gasteiger charge is -2.32. The minimum absolute atomic E-state index is 0.0560. The topological polar surface area (TPSA) is 49.4 Å². The third-order valence-corrected chi connectivity index (χ3v) is 8.24. The highest BCUT2D eigenvalue weighted by atomic mass is 35.5. The third-order valence-electron chi connectivity index (χ3n) is 6.89. The van der Waals surface area contributed by atoms with Crippen LogP contribution in [-0.2, 0) is 28.3 Å². The van der Waals surface area contributed by atoms with Gasteiger partial charge in [0.15, 0.2) is 0 Å². The Morgan fingerprint density at radius 1 is 0.946 bits per heavy atom. The van der Waals surface area contributed by atoms with E-state index in [-0.39, 0.29) is 17.9 Å². The first kappa shape index (κ1) is 27.3. The Kier molecular flexibility index (Phi) is 10.1. The molecule has 1 fully saturated rings. The van der Waals surface area contributed by atoms with Gasteiger partial charge < -0.3 is 10.2 Å². The van der Waals surface area contributed by atoms with Gasteiger partial charge in [-0.2, -0.15) is 0 Å². The molecule has 4 nitrogen and oxygen atoms in total. The van der Waals surface area contributed by atoms with Crippen LogP contribution in [0.15, 0.2) is 78.9 Å². The van der Waals surface area contributed by atoms with Crippen molar-refractivity contribution in [2.75, 3.05) is 5.75 Å². The molecule has 1 saturated carbocycles. The van der Waals surface area contributed by atoms with Crippen molar-refractivity contribution in [1.29, 1.82) is 0 Å². The summed E-state index contributed by atoms with van der Waals surface area (Å²) >= 11 is 8.08. The maximum absolute atomic E-state index is 13.8. The van der Waals surface area contributed by atoms with Gasteiger partial charge in [0.05, 0.1) is 5.75 Å². The fraction of sp³-hybridized carbons (Fsp3) is 0.355. The van der Waals surface area contributed by atoms with E-state index in [1.54, 1.807) is 16.7 Å². The second-order valence-corrected chi connectivity index (χ2v) is 11.2. The maximum Gasteiger partial charge on any atom is 0.243 e. The normalized spacial score (nSPS) is 14.3. The summed E-state index contributed by atoms with van der Waals surface area (Å²) in [6.07, 6.45) is 4.71. The number of aryl methyl sites for hydroxylation is 1. The molecule has 0 aliphatic heterocycles. The molecule has 0 aromatic heterocycles. The number of carbonyl (C=O) groups excluding carboxylic acids is 2. The van der Waals surface area contributed by atoms with Gasteiger partial charge in [-0.1, -0.05) is 103 Å². The average molecular weight is 535 g/mol. The second-order valence-electron chi connectivity index (χ2n) is 9.79. The molecule has 1 atom stereocenters. The lowest BCUT2D eigenvalue weighted by Crippen LogP contribution is -2.52. The zero-order valence-corrected chi connectivity index (χ0v) is 22.9. The van der Waals surface area contributed by atoms with E-state index in [9.17, 15) is 9.59 Å². The molecule has 6 heteroatoms. The van der Waals surface area contributed by atoms with Crippen LogP contribution in [0.2, 0.25) is 5.02 Å². The van der Waals surface area contributed by atoms with E-state index in [4.69, 9.17) is 11.6 Å². The van der Waals surface area contributed by atoms with Gasteiger partial charge in [0, 0.05) is 29.8 Å². The lowest BCUT2D eigenvalue weighted by atomic mass is 10.0. The number of nitrogens with one attached hydrogen (secondary N) is 1. The van der Waals surface area contributed by atoms with Crippen LogP contribution in [0.4, 0.5) is 0 Å². The summed E-state index contributed by atoms with van der Waals surface area (Å²) in [4.78, 5) is 29.2. The van der Waals surface area contributed by atoms with Gasteiger partial charge in [-0.25, -0.2) is 0 Å². The molecule has 37 heavy (non-hydrogen) atoms. The van der Waals surface area contributed by atoms with Crippen molar-refractivity contribution in [3.63, 3.8) is 0 Å². The smallest absolute Gasteiger partial charge is 0.243 e. The lowest BCUT2D eigenvalue weighted by molar-refractivity contribution is -0.139. The Balaban J connectivity index is 1.56. The highest BCUT2D eigenvalue weighted by Gasteiger charge is 2.32.